The van der Waals surface area contributed by atoms with Crippen LogP contribution in [0.1, 0.15) is 10.6 Å². The number of hydrogen-bond acceptors (Lipinski definition) is 4. The quantitative estimate of drug-likeness (QED) is 0.734. The molecule has 14 heavy (non-hydrogen) atoms. The van der Waals surface area contributed by atoms with E-state index in [4.69, 9.17) is 10.2 Å². The molecule has 2 aromatic heterocycles. The van der Waals surface area contributed by atoms with Crippen LogP contribution in [0, 0.1) is 0 Å². The molecule has 0 saturated heterocycles. The Morgan fingerprint density at radius 1 is 1.64 bits per heavy atom. The molecule has 0 fully saturated rings. The van der Waals surface area contributed by atoms with Gasteiger partial charge in [0.1, 0.15) is 5.69 Å². The van der Waals surface area contributed by atoms with Crippen LogP contribution in [0.5, 0.6) is 0 Å². The van der Waals surface area contributed by atoms with E-state index in [0.29, 0.717) is 11.6 Å². The van der Waals surface area contributed by atoms with Gasteiger partial charge in [0.05, 0.1) is 6.20 Å². The first-order chi connectivity index (χ1) is 6.68. The fourth-order valence-corrected chi connectivity index (χ4v) is 1.09. The summed E-state index contributed by atoms with van der Waals surface area (Å²) in [5.74, 6) is -0.258. The number of rotatable bonds is 2. The molecule has 0 atom stereocenters. The lowest BCUT2D eigenvalue weighted by molar-refractivity contribution is 0.0974. The Morgan fingerprint density at radius 2 is 2.43 bits per heavy atom. The lowest BCUT2D eigenvalue weighted by Crippen LogP contribution is -2.09. The summed E-state index contributed by atoms with van der Waals surface area (Å²) in [5, 5.41) is 3.95. The Bertz CT molecular complexity index is 471. The van der Waals surface area contributed by atoms with E-state index in [-0.39, 0.29) is 5.76 Å². The number of aromatic nitrogens is 3. The largest absolute Gasteiger partial charge is 0.429 e. The topological polar surface area (TPSA) is 86.9 Å². The first-order valence-electron chi connectivity index (χ1n) is 3.92. The van der Waals surface area contributed by atoms with Crippen molar-refractivity contribution in [1.29, 1.82) is 0 Å². The summed E-state index contributed by atoms with van der Waals surface area (Å²) in [6, 6.07) is 1.73. The van der Waals surface area contributed by atoms with Gasteiger partial charge in [-0.2, -0.15) is 5.10 Å². The third-order valence-electron chi connectivity index (χ3n) is 1.79. The Kier molecular flexibility index (Phi) is 1.81. The van der Waals surface area contributed by atoms with E-state index in [1.807, 2.05) is 0 Å². The first kappa shape index (κ1) is 8.49. The van der Waals surface area contributed by atoms with E-state index in [1.165, 1.54) is 6.20 Å². The standard InChI is InChI=1S/C8H8N4O2/c1-12-5(2-3-11-12)8-10-4-6(14-8)7(9)13/h2-4H,1H3,(H2,9,13). The van der Waals surface area contributed by atoms with Crippen LogP contribution in [0.25, 0.3) is 11.6 Å². The van der Waals surface area contributed by atoms with E-state index >= 15 is 0 Å². The van der Waals surface area contributed by atoms with Crippen molar-refractivity contribution in [3.63, 3.8) is 0 Å². The van der Waals surface area contributed by atoms with Gasteiger partial charge in [-0.1, -0.05) is 0 Å². The van der Waals surface area contributed by atoms with Gasteiger partial charge in [-0.05, 0) is 6.07 Å². The number of aryl methyl sites for hydroxylation is 1. The third kappa shape index (κ3) is 1.26. The second kappa shape index (κ2) is 2.99. The van der Waals surface area contributed by atoms with Crippen LogP contribution in [0.15, 0.2) is 22.9 Å². The van der Waals surface area contributed by atoms with E-state index in [0.717, 1.165) is 0 Å². The minimum atomic E-state index is -0.633. The van der Waals surface area contributed by atoms with Crippen molar-refractivity contribution in [2.75, 3.05) is 0 Å². The Labute approximate surface area is 79.3 Å². The van der Waals surface area contributed by atoms with Crippen molar-refractivity contribution in [1.82, 2.24) is 14.8 Å². The zero-order valence-electron chi connectivity index (χ0n) is 7.47. The molecule has 2 rings (SSSR count). The second-order valence-corrected chi connectivity index (χ2v) is 2.73. The summed E-state index contributed by atoms with van der Waals surface area (Å²) in [7, 11) is 1.75. The minimum Gasteiger partial charge on any atom is -0.429 e. The number of carbonyl (C=O) groups is 1. The fourth-order valence-electron chi connectivity index (χ4n) is 1.09. The maximum Gasteiger partial charge on any atom is 0.286 e. The van der Waals surface area contributed by atoms with E-state index < -0.39 is 5.91 Å². The number of nitrogens with zero attached hydrogens (tertiary/aromatic N) is 3. The fraction of sp³-hybridized carbons (Fsp3) is 0.125. The summed E-state index contributed by atoms with van der Waals surface area (Å²) in [6.07, 6.45) is 2.91. The maximum absolute atomic E-state index is 10.7. The number of amides is 1. The van der Waals surface area contributed by atoms with Crippen LogP contribution in [0.3, 0.4) is 0 Å². The Balaban J connectivity index is 2.43. The molecule has 0 aliphatic heterocycles. The van der Waals surface area contributed by atoms with Gasteiger partial charge in [-0.3, -0.25) is 9.48 Å². The van der Waals surface area contributed by atoms with Crippen LogP contribution < -0.4 is 5.73 Å². The molecule has 2 N–H and O–H groups in total. The zero-order chi connectivity index (χ0) is 10.1. The van der Waals surface area contributed by atoms with Gasteiger partial charge in [-0.25, -0.2) is 4.98 Å². The highest BCUT2D eigenvalue weighted by molar-refractivity contribution is 5.89. The molecule has 6 heteroatoms. The van der Waals surface area contributed by atoms with E-state index in [1.54, 1.807) is 24.0 Å². The normalized spacial score (nSPS) is 10.4. The molecule has 2 aromatic rings. The number of primary amides is 1. The molecule has 0 aliphatic carbocycles. The van der Waals surface area contributed by atoms with Crippen molar-refractivity contribution in [3.8, 4) is 11.6 Å². The summed E-state index contributed by atoms with van der Waals surface area (Å²) in [4.78, 5) is 14.6. The van der Waals surface area contributed by atoms with Crippen molar-refractivity contribution in [2.24, 2.45) is 12.8 Å². The molecular formula is C8H8N4O2. The average molecular weight is 192 g/mol. The Hall–Kier alpha value is -2.11. The van der Waals surface area contributed by atoms with Crippen LogP contribution in [0.4, 0.5) is 0 Å². The smallest absolute Gasteiger partial charge is 0.286 e. The lowest BCUT2D eigenvalue weighted by atomic mass is 10.4. The SMILES string of the molecule is Cn1nccc1-c1ncc(C(N)=O)o1. The molecule has 2 heterocycles. The molecule has 0 bridgehead atoms. The molecule has 0 saturated carbocycles. The maximum atomic E-state index is 10.7. The summed E-state index contributed by atoms with van der Waals surface area (Å²) >= 11 is 0. The molecule has 0 aromatic carbocycles. The number of carbonyl (C=O) groups excluding carboxylic acids is 1. The molecule has 1 amide bonds. The van der Waals surface area contributed by atoms with Crippen molar-refractivity contribution in [2.45, 2.75) is 0 Å². The molecule has 0 unspecified atom stereocenters. The van der Waals surface area contributed by atoms with Crippen LogP contribution in [-0.4, -0.2) is 20.7 Å². The predicted molar refractivity (Wildman–Crippen MR) is 47.2 cm³/mol. The van der Waals surface area contributed by atoms with Gasteiger partial charge in [0.25, 0.3) is 5.91 Å². The second-order valence-electron chi connectivity index (χ2n) is 2.73. The minimum absolute atomic E-state index is 0.0428. The van der Waals surface area contributed by atoms with Crippen molar-refractivity contribution < 1.29 is 9.21 Å². The summed E-state index contributed by atoms with van der Waals surface area (Å²) in [5.41, 5.74) is 5.72. The monoisotopic (exact) mass is 192 g/mol. The highest BCUT2D eigenvalue weighted by Crippen LogP contribution is 2.17. The van der Waals surface area contributed by atoms with Gasteiger partial charge >= 0.3 is 0 Å². The molecule has 0 radical (unpaired) electrons. The first-order valence-corrected chi connectivity index (χ1v) is 3.92. The summed E-state index contributed by atoms with van der Waals surface area (Å²) in [6.45, 7) is 0. The van der Waals surface area contributed by atoms with Crippen molar-refractivity contribution in [3.05, 3.63) is 24.2 Å². The predicted octanol–water partition coefficient (Wildman–Crippen LogP) is 0.174. The lowest BCUT2D eigenvalue weighted by Gasteiger charge is -1.94. The zero-order valence-corrected chi connectivity index (χ0v) is 7.47. The van der Waals surface area contributed by atoms with Crippen LogP contribution >= 0.6 is 0 Å². The molecule has 0 aliphatic rings. The number of nitrogens with two attached hydrogens (primary N) is 1. The Morgan fingerprint density at radius 3 is 2.93 bits per heavy atom. The van der Waals surface area contributed by atoms with E-state index in [9.17, 15) is 4.79 Å². The van der Waals surface area contributed by atoms with Gasteiger partial charge in [0, 0.05) is 13.2 Å². The molecule has 72 valence electrons. The highest BCUT2D eigenvalue weighted by atomic mass is 16.4. The van der Waals surface area contributed by atoms with Crippen LogP contribution in [-0.2, 0) is 7.05 Å². The summed E-state index contributed by atoms with van der Waals surface area (Å²) < 4.78 is 6.72. The molecular weight excluding hydrogens is 184 g/mol. The molecule has 0 spiro atoms. The van der Waals surface area contributed by atoms with Crippen LogP contribution in [0.2, 0.25) is 0 Å². The van der Waals surface area contributed by atoms with E-state index in [2.05, 4.69) is 10.1 Å². The van der Waals surface area contributed by atoms with Crippen molar-refractivity contribution >= 4 is 5.91 Å². The third-order valence-corrected chi connectivity index (χ3v) is 1.79. The average Bonchev–Trinajstić information content (AvgIpc) is 2.71. The molecule has 6 nitrogen and oxygen atoms in total. The van der Waals surface area contributed by atoms with Gasteiger partial charge in [0.15, 0.2) is 0 Å². The number of oxazole rings is 1. The van der Waals surface area contributed by atoms with Gasteiger partial charge in [0.2, 0.25) is 11.7 Å². The van der Waals surface area contributed by atoms with Gasteiger partial charge < -0.3 is 10.2 Å². The van der Waals surface area contributed by atoms with Gasteiger partial charge in [-0.15, -0.1) is 0 Å². The highest BCUT2D eigenvalue weighted by Gasteiger charge is 2.12. The number of hydrogen-bond donors (Lipinski definition) is 1.